The molecule has 1 saturated heterocycles. The highest BCUT2D eigenvalue weighted by molar-refractivity contribution is 5.82. The summed E-state index contributed by atoms with van der Waals surface area (Å²) in [6.07, 6.45) is 0.686. The molecule has 0 bridgehead atoms. The Balaban J connectivity index is 2.52. The number of anilines is 1. The van der Waals surface area contributed by atoms with Crippen LogP contribution in [-0.4, -0.2) is 35.7 Å². The molecule has 0 aromatic heterocycles. The van der Waals surface area contributed by atoms with E-state index in [9.17, 15) is 20.0 Å². The molecule has 1 aromatic carbocycles. The van der Waals surface area contributed by atoms with Crippen molar-refractivity contribution < 1.29 is 19.6 Å². The summed E-state index contributed by atoms with van der Waals surface area (Å²) in [5.74, 6) is -0.887. The fourth-order valence-electron chi connectivity index (χ4n) is 2.68. The monoisotopic (exact) mass is 280 g/mol. The maximum absolute atomic E-state index is 11.4. The van der Waals surface area contributed by atoms with Gasteiger partial charge >= 0.3 is 11.7 Å². The molecule has 1 heterocycles. The Morgan fingerprint density at radius 1 is 1.55 bits per heavy atom. The van der Waals surface area contributed by atoms with Gasteiger partial charge in [-0.3, -0.25) is 10.1 Å². The first kappa shape index (κ1) is 14.1. The van der Waals surface area contributed by atoms with Crippen molar-refractivity contribution in [1.82, 2.24) is 0 Å². The van der Waals surface area contributed by atoms with Crippen LogP contribution in [0, 0.1) is 16.0 Å². The van der Waals surface area contributed by atoms with Crippen LogP contribution in [0.25, 0.3) is 0 Å². The van der Waals surface area contributed by atoms with Crippen molar-refractivity contribution in [3.8, 4) is 5.75 Å². The number of benzene rings is 1. The van der Waals surface area contributed by atoms with Crippen LogP contribution in [0.3, 0.4) is 0 Å². The Bertz CT molecular complexity index is 546. The Kier molecular flexibility index (Phi) is 3.78. The molecule has 1 N–H and O–H groups in total. The Morgan fingerprint density at radius 2 is 2.25 bits per heavy atom. The highest BCUT2D eigenvalue weighted by Crippen LogP contribution is 2.41. The molecular weight excluding hydrogens is 264 g/mol. The second kappa shape index (κ2) is 5.36. The number of nitrogens with zero attached hydrogens (tertiary/aromatic N) is 2. The van der Waals surface area contributed by atoms with Crippen LogP contribution in [0.15, 0.2) is 18.2 Å². The number of carboxylic acid groups (broad SMARTS) is 1. The van der Waals surface area contributed by atoms with Gasteiger partial charge in [0.2, 0.25) is 0 Å². The van der Waals surface area contributed by atoms with Crippen LogP contribution in [0.5, 0.6) is 5.75 Å². The van der Waals surface area contributed by atoms with Crippen LogP contribution in [0.4, 0.5) is 11.4 Å². The molecule has 108 valence electrons. The Labute approximate surface area is 115 Å². The number of rotatable bonds is 4. The number of carboxylic acids is 1. The third-order valence-corrected chi connectivity index (χ3v) is 3.64. The summed E-state index contributed by atoms with van der Waals surface area (Å²) >= 11 is 0. The molecule has 0 spiro atoms. The lowest BCUT2D eigenvalue weighted by molar-refractivity contribution is -0.385. The van der Waals surface area contributed by atoms with E-state index in [0.717, 1.165) is 0 Å². The second-order valence-corrected chi connectivity index (χ2v) is 4.83. The van der Waals surface area contributed by atoms with E-state index in [1.54, 1.807) is 17.0 Å². The zero-order valence-corrected chi connectivity index (χ0v) is 11.3. The van der Waals surface area contributed by atoms with Crippen LogP contribution in [0.2, 0.25) is 0 Å². The van der Waals surface area contributed by atoms with Gasteiger partial charge in [0.1, 0.15) is 11.7 Å². The lowest BCUT2D eigenvalue weighted by Crippen LogP contribution is -2.39. The van der Waals surface area contributed by atoms with Crippen LogP contribution in [0.1, 0.15) is 13.3 Å². The van der Waals surface area contributed by atoms with E-state index >= 15 is 0 Å². The molecule has 1 fully saturated rings. The van der Waals surface area contributed by atoms with Crippen molar-refractivity contribution in [1.29, 1.82) is 0 Å². The van der Waals surface area contributed by atoms with Gasteiger partial charge in [-0.15, -0.1) is 0 Å². The highest BCUT2D eigenvalue weighted by Gasteiger charge is 2.40. The summed E-state index contributed by atoms with van der Waals surface area (Å²) in [5, 5.41) is 20.6. The summed E-state index contributed by atoms with van der Waals surface area (Å²) in [5.41, 5.74) is 0.112. The molecule has 7 nitrogen and oxygen atoms in total. The zero-order chi connectivity index (χ0) is 14.9. The minimum absolute atomic E-state index is 0.0571. The van der Waals surface area contributed by atoms with Gasteiger partial charge < -0.3 is 14.7 Å². The van der Waals surface area contributed by atoms with Crippen molar-refractivity contribution in [3.63, 3.8) is 0 Å². The van der Waals surface area contributed by atoms with Gasteiger partial charge in [-0.05, 0) is 24.5 Å². The molecule has 0 radical (unpaired) electrons. The first-order chi connectivity index (χ1) is 9.47. The number of hydrogen-bond donors (Lipinski definition) is 1. The molecule has 0 aliphatic carbocycles. The Hall–Kier alpha value is -2.31. The van der Waals surface area contributed by atoms with Crippen molar-refractivity contribution in [2.45, 2.75) is 19.4 Å². The standard InChI is InChI=1S/C13H16N2O5/c1-8-6-7-14(11(8)13(16)17)9-4-3-5-10(20-2)12(9)15(18)19/h3-5,8,11H,6-7H2,1-2H3,(H,16,17). The summed E-state index contributed by atoms with van der Waals surface area (Å²) in [6.45, 7) is 2.32. The zero-order valence-electron chi connectivity index (χ0n) is 11.3. The fourth-order valence-corrected chi connectivity index (χ4v) is 2.68. The van der Waals surface area contributed by atoms with Gasteiger partial charge in [0.05, 0.1) is 12.0 Å². The van der Waals surface area contributed by atoms with Crippen molar-refractivity contribution >= 4 is 17.3 Å². The molecule has 1 aromatic rings. The number of aliphatic carboxylic acids is 1. The number of methoxy groups -OCH3 is 1. The molecule has 0 amide bonds. The summed E-state index contributed by atoms with van der Waals surface area (Å²) in [7, 11) is 1.35. The van der Waals surface area contributed by atoms with Crippen molar-refractivity contribution in [2.24, 2.45) is 5.92 Å². The predicted octanol–water partition coefficient (Wildman–Crippen LogP) is 1.90. The van der Waals surface area contributed by atoms with E-state index in [2.05, 4.69) is 0 Å². The van der Waals surface area contributed by atoms with Gasteiger partial charge in [0, 0.05) is 6.54 Å². The molecule has 2 rings (SSSR count). The third kappa shape index (κ3) is 2.26. The largest absolute Gasteiger partial charge is 0.490 e. The number of ether oxygens (including phenoxy) is 1. The van der Waals surface area contributed by atoms with Crippen molar-refractivity contribution in [3.05, 3.63) is 28.3 Å². The third-order valence-electron chi connectivity index (χ3n) is 3.64. The smallest absolute Gasteiger partial charge is 0.333 e. The normalized spacial score (nSPS) is 21.8. The quantitative estimate of drug-likeness (QED) is 0.669. The van der Waals surface area contributed by atoms with E-state index < -0.39 is 16.9 Å². The highest BCUT2D eigenvalue weighted by atomic mass is 16.6. The predicted molar refractivity (Wildman–Crippen MR) is 72.2 cm³/mol. The Morgan fingerprint density at radius 3 is 2.80 bits per heavy atom. The molecule has 7 heteroatoms. The average molecular weight is 280 g/mol. The molecule has 20 heavy (non-hydrogen) atoms. The fraction of sp³-hybridized carbons (Fsp3) is 0.462. The van der Waals surface area contributed by atoms with Gasteiger partial charge in [-0.2, -0.15) is 0 Å². The maximum Gasteiger partial charge on any atom is 0.333 e. The van der Waals surface area contributed by atoms with E-state index in [-0.39, 0.29) is 17.4 Å². The number of carbonyl (C=O) groups is 1. The molecule has 1 aliphatic rings. The van der Waals surface area contributed by atoms with Crippen LogP contribution in [-0.2, 0) is 4.79 Å². The first-order valence-corrected chi connectivity index (χ1v) is 6.28. The molecule has 1 aliphatic heterocycles. The number of para-hydroxylation sites is 1. The SMILES string of the molecule is COc1cccc(N2CCC(C)C2C(=O)O)c1[N+](=O)[O-]. The van der Waals surface area contributed by atoms with E-state index in [4.69, 9.17) is 4.74 Å². The summed E-state index contributed by atoms with van der Waals surface area (Å²) < 4.78 is 5.01. The van der Waals surface area contributed by atoms with Gasteiger partial charge in [0.15, 0.2) is 5.75 Å². The molecular formula is C13H16N2O5. The van der Waals surface area contributed by atoms with Crippen LogP contribution < -0.4 is 9.64 Å². The van der Waals surface area contributed by atoms with Gasteiger partial charge in [-0.25, -0.2) is 4.79 Å². The average Bonchev–Trinajstić information content (AvgIpc) is 2.79. The minimum atomic E-state index is -0.966. The van der Waals surface area contributed by atoms with E-state index in [1.807, 2.05) is 6.92 Å². The first-order valence-electron chi connectivity index (χ1n) is 6.28. The van der Waals surface area contributed by atoms with Crippen LogP contribution >= 0.6 is 0 Å². The molecule has 2 unspecified atom stereocenters. The molecule has 0 saturated carbocycles. The van der Waals surface area contributed by atoms with Crippen molar-refractivity contribution in [2.75, 3.05) is 18.6 Å². The number of hydrogen-bond acceptors (Lipinski definition) is 5. The topological polar surface area (TPSA) is 92.9 Å². The number of nitro groups is 1. The van der Waals surface area contributed by atoms with E-state index in [1.165, 1.54) is 13.2 Å². The second-order valence-electron chi connectivity index (χ2n) is 4.83. The maximum atomic E-state index is 11.4. The van der Waals surface area contributed by atoms with Gasteiger partial charge in [-0.1, -0.05) is 13.0 Å². The summed E-state index contributed by atoms with van der Waals surface area (Å²) in [4.78, 5) is 23.7. The lowest BCUT2D eigenvalue weighted by atomic mass is 10.0. The molecule has 2 atom stereocenters. The summed E-state index contributed by atoms with van der Waals surface area (Å²) in [6, 6.07) is 3.94. The van der Waals surface area contributed by atoms with Gasteiger partial charge in [0.25, 0.3) is 0 Å². The lowest BCUT2D eigenvalue weighted by Gasteiger charge is -2.25. The van der Waals surface area contributed by atoms with E-state index in [0.29, 0.717) is 18.7 Å². The minimum Gasteiger partial charge on any atom is -0.490 e. The number of nitro benzene ring substituents is 1.